The molecule has 0 aromatic heterocycles. The van der Waals surface area contributed by atoms with Crippen LogP contribution in [0, 0.1) is 5.92 Å². The normalized spacial score (nSPS) is 13.3. The predicted molar refractivity (Wildman–Crippen MR) is 74.9 cm³/mol. The molecule has 0 fully saturated rings. The zero-order valence-electron chi connectivity index (χ0n) is 12.0. The summed E-state index contributed by atoms with van der Waals surface area (Å²) < 4.78 is 0. The molecular weight excluding hydrogens is 194 g/mol. The van der Waals surface area contributed by atoms with Crippen LogP contribution >= 0.6 is 0 Å². The van der Waals surface area contributed by atoms with E-state index < -0.39 is 0 Å². The molecule has 0 aliphatic carbocycles. The van der Waals surface area contributed by atoms with E-state index in [0.717, 1.165) is 5.92 Å². The van der Waals surface area contributed by atoms with E-state index in [1.54, 1.807) is 0 Å². The summed E-state index contributed by atoms with van der Waals surface area (Å²) in [6.07, 6.45) is 11.0. The minimum atomic E-state index is 0.710. The molecule has 1 N–H and O–H groups in total. The molecule has 0 heterocycles. The smallest absolute Gasteiger partial charge is 0.00388 e. The molecule has 0 aliphatic heterocycles. The molecule has 0 aliphatic rings. The van der Waals surface area contributed by atoms with E-state index in [4.69, 9.17) is 0 Å². The maximum Gasteiger partial charge on any atom is 0.00388 e. The third-order valence-corrected chi connectivity index (χ3v) is 3.65. The van der Waals surface area contributed by atoms with Gasteiger partial charge in [-0.05, 0) is 25.8 Å². The molecule has 0 spiro atoms. The first-order chi connectivity index (χ1) is 7.74. The van der Waals surface area contributed by atoms with Gasteiger partial charge in [-0.2, -0.15) is 0 Å². The van der Waals surface area contributed by atoms with Crippen LogP contribution in [0.3, 0.4) is 0 Å². The molecule has 0 rings (SSSR count). The van der Waals surface area contributed by atoms with Gasteiger partial charge in [0, 0.05) is 6.04 Å². The highest BCUT2D eigenvalue weighted by Crippen LogP contribution is 2.09. The third-order valence-electron chi connectivity index (χ3n) is 3.65. The zero-order chi connectivity index (χ0) is 12.2. The second kappa shape index (κ2) is 11.4. The quantitative estimate of drug-likeness (QED) is 0.502. The topological polar surface area (TPSA) is 12.0 Å². The monoisotopic (exact) mass is 227 g/mol. The summed E-state index contributed by atoms with van der Waals surface area (Å²) in [5, 5.41) is 3.68. The number of hydrogen-bond donors (Lipinski definition) is 1. The summed E-state index contributed by atoms with van der Waals surface area (Å²) in [4.78, 5) is 0. The van der Waals surface area contributed by atoms with Crippen molar-refractivity contribution in [2.24, 2.45) is 5.92 Å². The van der Waals surface area contributed by atoms with Gasteiger partial charge in [0.2, 0.25) is 0 Å². The number of unbranched alkanes of at least 4 members (excludes halogenated alkanes) is 4. The number of rotatable bonds is 11. The van der Waals surface area contributed by atoms with Crippen LogP contribution < -0.4 is 5.32 Å². The van der Waals surface area contributed by atoms with Crippen LogP contribution in [0.4, 0.5) is 0 Å². The van der Waals surface area contributed by atoms with Gasteiger partial charge in [0.05, 0.1) is 0 Å². The van der Waals surface area contributed by atoms with Crippen LogP contribution in [0.1, 0.15) is 79.1 Å². The Kier molecular flexibility index (Phi) is 11.4. The van der Waals surface area contributed by atoms with E-state index in [0.29, 0.717) is 6.04 Å². The maximum atomic E-state index is 3.68. The molecule has 1 nitrogen and oxygen atoms in total. The van der Waals surface area contributed by atoms with Crippen LogP contribution in [-0.2, 0) is 0 Å². The fourth-order valence-corrected chi connectivity index (χ4v) is 2.10. The fraction of sp³-hybridized carbons (Fsp3) is 1.00. The van der Waals surface area contributed by atoms with Crippen molar-refractivity contribution in [2.45, 2.75) is 85.1 Å². The van der Waals surface area contributed by atoms with Gasteiger partial charge in [-0.1, -0.05) is 65.7 Å². The molecule has 1 heteroatoms. The summed E-state index contributed by atoms with van der Waals surface area (Å²) in [7, 11) is 0. The van der Waals surface area contributed by atoms with Crippen molar-refractivity contribution in [1.82, 2.24) is 5.32 Å². The molecule has 98 valence electrons. The summed E-state index contributed by atoms with van der Waals surface area (Å²) in [6, 6.07) is 0.710. The van der Waals surface area contributed by atoms with Crippen LogP contribution in [0.2, 0.25) is 0 Å². The maximum absolute atomic E-state index is 3.68. The van der Waals surface area contributed by atoms with Crippen LogP contribution in [0.5, 0.6) is 0 Å². The summed E-state index contributed by atoms with van der Waals surface area (Å²) in [6.45, 7) is 10.4. The first-order valence-corrected chi connectivity index (χ1v) is 7.47. The molecule has 0 bridgehead atoms. The molecule has 1 atom stereocenters. The summed E-state index contributed by atoms with van der Waals surface area (Å²) >= 11 is 0. The molecule has 0 aromatic rings. The van der Waals surface area contributed by atoms with Gasteiger partial charge in [0.15, 0.2) is 0 Å². The van der Waals surface area contributed by atoms with Gasteiger partial charge in [-0.25, -0.2) is 0 Å². The van der Waals surface area contributed by atoms with E-state index >= 15 is 0 Å². The molecule has 0 amide bonds. The van der Waals surface area contributed by atoms with E-state index in [-0.39, 0.29) is 0 Å². The lowest BCUT2D eigenvalue weighted by molar-refractivity contribution is 0.399. The largest absolute Gasteiger partial charge is 0.314 e. The summed E-state index contributed by atoms with van der Waals surface area (Å²) in [5.41, 5.74) is 0. The Bertz CT molecular complexity index is 129. The highest BCUT2D eigenvalue weighted by molar-refractivity contribution is 4.65. The van der Waals surface area contributed by atoms with Crippen LogP contribution in [-0.4, -0.2) is 12.6 Å². The first-order valence-electron chi connectivity index (χ1n) is 7.47. The molecule has 0 saturated heterocycles. The van der Waals surface area contributed by atoms with Crippen molar-refractivity contribution in [3.63, 3.8) is 0 Å². The molecule has 16 heavy (non-hydrogen) atoms. The lowest BCUT2D eigenvalue weighted by Gasteiger charge is -2.18. The molecule has 0 radical (unpaired) electrons. The van der Waals surface area contributed by atoms with Crippen molar-refractivity contribution in [3.05, 3.63) is 0 Å². The molecular formula is C15H33N. The lowest BCUT2D eigenvalue weighted by Crippen LogP contribution is -2.30. The highest BCUT2D eigenvalue weighted by Gasteiger charge is 2.06. The standard InChI is InChI=1S/C15H33N/c1-5-8-9-10-11-12-14(4)16-13-15(6-2)7-3/h14-16H,5-13H2,1-4H3. The Morgan fingerprint density at radius 1 is 0.875 bits per heavy atom. The van der Waals surface area contributed by atoms with Gasteiger partial charge >= 0.3 is 0 Å². The van der Waals surface area contributed by atoms with E-state index in [2.05, 4.69) is 33.0 Å². The van der Waals surface area contributed by atoms with Gasteiger partial charge in [-0.3, -0.25) is 0 Å². The van der Waals surface area contributed by atoms with Gasteiger partial charge in [0.1, 0.15) is 0 Å². The average molecular weight is 227 g/mol. The minimum absolute atomic E-state index is 0.710. The molecule has 0 aromatic carbocycles. The molecule has 0 saturated carbocycles. The fourth-order valence-electron chi connectivity index (χ4n) is 2.10. The van der Waals surface area contributed by atoms with Crippen molar-refractivity contribution in [1.29, 1.82) is 0 Å². The van der Waals surface area contributed by atoms with E-state index in [1.807, 2.05) is 0 Å². The SMILES string of the molecule is CCCCCCCC(C)NCC(CC)CC. The Labute approximate surface area is 103 Å². The average Bonchev–Trinajstić information content (AvgIpc) is 2.30. The van der Waals surface area contributed by atoms with Crippen LogP contribution in [0.25, 0.3) is 0 Å². The zero-order valence-corrected chi connectivity index (χ0v) is 12.0. The summed E-state index contributed by atoms with van der Waals surface area (Å²) in [5.74, 6) is 0.877. The van der Waals surface area contributed by atoms with Gasteiger partial charge < -0.3 is 5.32 Å². The van der Waals surface area contributed by atoms with Crippen molar-refractivity contribution in [2.75, 3.05) is 6.54 Å². The third kappa shape index (κ3) is 9.21. The number of nitrogens with one attached hydrogen (secondary N) is 1. The van der Waals surface area contributed by atoms with E-state index in [1.165, 1.54) is 57.9 Å². The lowest BCUT2D eigenvalue weighted by atomic mass is 10.0. The highest BCUT2D eigenvalue weighted by atomic mass is 14.9. The first kappa shape index (κ1) is 16.0. The van der Waals surface area contributed by atoms with Gasteiger partial charge in [-0.15, -0.1) is 0 Å². The van der Waals surface area contributed by atoms with Crippen LogP contribution in [0.15, 0.2) is 0 Å². The minimum Gasteiger partial charge on any atom is -0.314 e. The number of hydrogen-bond acceptors (Lipinski definition) is 1. The second-order valence-electron chi connectivity index (χ2n) is 5.19. The van der Waals surface area contributed by atoms with E-state index in [9.17, 15) is 0 Å². The Balaban J connectivity index is 3.33. The predicted octanol–water partition coefficient (Wildman–Crippen LogP) is 4.76. The Morgan fingerprint density at radius 3 is 2.06 bits per heavy atom. The van der Waals surface area contributed by atoms with Crippen molar-refractivity contribution >= 4 is 0 Å². The molecule has 1 unspecified atom stereocenters. The van der Waals surface area contributed by atoms with Crippen molar-refractivity contribution in [3.8, 4) is 0 Å². The van der Waals surface area contributed by atoms with Gasteiger partial charge in [0.25, 0.3) is 0 Å². The Hall–Kier alpha value is -0.0400. The Morgan fingerprint density at radius 2 is 1.50 bits per heavy atom. The second-order valence-corrected chi connectivity index (χ2v) is 5.19. The van der Waals surface area contributed by atoms with Crippen molar-refractivity contribution < 1.29 is 0 Å².